The van der Waals surface area contributed by atoms with Crippen LogP contribution in [0.25, 0.3) is 16.8 Å². The summed E-state index contributed by atoms with van der Waals surface area (Å²) in [6.45, 7) is 14.7. The average molecular weight is 512 g/mol. The zero-order valence-corrected chi connectivity index (χ0v) is 22.7. The molecule has 1 aliphatic heterocycles. The van der Waals surface area contributed by atoms with Crippen LogP contribution in [0.5, 0.6) is 5.88 Å². The SMILES string of the molecule is C=Cc1ccc2ccnc(O[C@@H]3C[C@@H](C(=O)OC)N(C(=O)[C@@H](NC(=O)OC(C)(C)C)C(C)(C)C)C3)c2c1. The summed E-state index contributed by atoms with van der Waals surface area (Å²) in [6, 6.07) is 5.91. The Hall–Kier alpha value is -3.62. The van der Waals surface area contributed by atoms with Crippen LogP contribution in [0, 0.1) is 5.41 Å². The van der Waals surface area contributed by atoms with Crippen molar-refractivity contribution in [3.63, 3.8) is 0 Å². The summed E-state index contributed by atoms with van der Waals surface area (Å²) in [7, 11) is 1.28. The molecule has 2 heterocycles. The number of ether oxygens (including phenoxy) is 3. The van der Waals surface area contributed by atoms with Gasteiger partial charge in [0.05, 0.1) is 13.7 Å². The summed E-state index contributed by atoms with van der Waals surface area (Å²) in [6.07, 6.45) is 2.40. The van der Waals surface area contributed by atoms with E-state index in [1.54, 1.807) is 33.0 Å². The number of esters is 1. The van der Waals surface area contributed by atoms with Gasteiger partial charge in [0.25, 0.3) is 0 Å². The summed E-state index contributed by atoms with van der Waals surface area (Å²) in [5.74, 6) is -0.563. The average Bonchev–Trinajstić information content (AvgIpc) is 3.23. The predicted molar refractivity (Wildman–Crippen MR) is 141 cm³/mol. The first-order valence-electron chi connectivity index (χ1n) is 12.3. The van der Waals surface area contributed by atoms with Gasteiger partial charge in [-0.1, -0.05) is 45.6 Å². The van der Waals surface area contributed by atoms with Gasteiger partial charge in [0.2, 0.25) is 11.8 Å². The Bertz CT molecular complexity index is 1180. The van der Waals surface area contributed by atoms with Crippen molar-refractivity contribution < 1.29 is 28.6 Å². The number of benzene rings is 1. The van der Waals surface area contributed by atoms with Crippen molar-refractivity contribution in [2.24, 2.45) is 5.41 Å². The van der Waals surface area contributed by atoms with E-state index < -0.39 is 47.2 Å². The normalized spacial score (nSPS) is 18.7. The fraction of sp³-hybridized carbons (Fsp3) is 0.500. The number of hydrogen-bond acceptors (Lipinski definition) is 7. The Kier molecular flexibility index (Phi) is 8.15. The molecule has 9 heteroatoms. The third-order valence-corrected chi connectivity index (χ3v) is 6.06. The lowest BCUT2D eigenvalue weighted by Crippen LogP contribution is -2.57. The standard InChI is InChI=1S/C28H37N3O6/c1-9-17-10-11-18-12-13-29-23(20(18)14-17)36-19-15-21(25(33)35-8)31(16-19)24(32)22(27(2,3)4)30-26(34)37-28(5,6)7/h9-14,19,21-22H,1,15-16H2,2-8H3,(H,30,34)/t19-,21+,22-/m1/s1. The van der Waals surface area contributed by atoms with E-state index in [2.05, 4.69) is 16.9 Å². The van der Waals surface area contributed by atoms with Gasteiger partial charge in [-0.15, -0.1) is 0 Å². The lowest BCUT2D eigenvalue weighted by atomic mass is 9.85. The van der Waals surface area contributed by atoms with E-state index in [0.717, 1.165) is 16.3 Å². The molecule has 1 aromatic heterocycles. The van der Waals surface area contributed by atoms with Crippen LogP contribution in [0.1, 0.15) is 53.5 Å². The molecule has 0 unspecified atom stereocenters. The summed E-state index contributed by atoms with van der Waals surface area (Å²) < 4.78 is 16.6. The minimum Gasteiger partial charge on any atom is -0.472 e. The molecule has 1 fully saturated rings. The van der Waals surface area contributed by atoms with Crippen LogP contribution in [0.2, 0.25) is 0 Å². The monoisotopic (exact) mass is 511 g/mol. The van der Waals surface area contributed by atoms with Crippen molar-refractivity contribution in [2.45, 2.75) is 71.8 Å². The zero-order chi connectivity index (χ0) is 27.5. The highest BCUT2D eigenvalue weighted by molar-refractivity contribution is 5.91. The molecule has 2 amide bonds. The van der Waals surface area contributed by atoms with Gasteiger partial charge in [0.15, 0.2) is 0 Å². The number of rotatable bonds is 6. The minimum atomic E-state index is -0.945. The van der Waals surface area contributed by atoms with Crippen molar-refractivity contribution in [1.82, 2.24) is 15.2 Å². The van der Waals surface area contributed by atoms with Gasteiger partial charge in [0, 0.05) is 18.0 Å². The molecule has 1 N–H and O–H groups in total. The minimum absolute atomic E-state index is 0.125. The highest BCUT2D eigenvalue weighted by Gasteiger charge is 2.46. The Labute approximate surface area is 218 Å². The Morgan fingerprint density at radius 1 is 1.16 bits per heavy atom. The second-order valence-electron chi connectivity index (χ2n) is 11.3. The number of alkyl carbamates (subject to hydrolysis) is 1. The Morgan fingerprint density at radius 3 is 2.46 bits per heavy atom. The number of likely N-dealkylation sites (tertiary alicyclic amines) is 1. The smallest absolute Gasteiger partial charge is 0.408 e. The number of aromatic nitrogens is 1. The summed E-state index contributed by atoms with van der Waals surface area (Å²) >= 11 is 0. The van der Waals surface area contributed by atoms with E-state index in [0.29, 0.717) is 5.88 Å². The maximum atomic E-state index is 13.8. The van der Waals surface area contributed by atoms with Crippen molar-refractivity contribution in [1.29, 1.82) is 0 Å². The van der Waals surface area contributed by atoms with Crippen molar-refractivity contribution in [3.8, 4) is 5.88 Å². The van der Waals surface area contributed by atoms with E-state index in [1.807, 2.05) is 45.0 Å². The number of nitrogens with zero attached hydrogens (tertiary/aromatic N) is 2. The van der Waals surface area contributed by atoms with Gasteiger partial charge in [0.1, 0.15) is 23.8 Å². The van der Waals surface area contributed by atoms with E-state index >= 15 is 0 Å². The van der Waals surface area contributed by atoms with Gasteiger partial charge in [-0.2, -0.15) is 0 Å². The number of pyridine rings is 1. The number of carbonyl (C=O) groups excluding carboxylic acids is 3. The van der Waals surface area contributed by atoms with E-state index in [9.17, 15) is 14.4 Å². The van der Waals surface area contributed by atoms with Gasteiger partial charge in [-0.05, 0) is 49.3 Å². The highest BCUT2D eigenvalue weighted by atomic mass is 16.6. The van der Waals surface area contributed by atoms with Crippen molar-refractivity contribution in [2.75, 3.05) is 13.7 Å². The largest absolute Gasteiger partial charge is 0.472 e. The maximum absolute atomic E-state index is 13.8. The summed E-state index contributed by atoms with van der Waals surface area (Å²) in [4.78, 5) is 44.9. The molecule has 200 valence electrons. The van der Waals surface area contributed by atoms with Crippen LogP contribution in [-0.4, -0.2) is 65.3 Å². The Balaban J connectivity index is 1.88. The quantitative estimate of drug-likeness (QED) is 0.575. The third kappa shape index (κ3) is 6.78. The van der Waals surface area contributed by atoms with E-state index in [1.165, 1.54) is 12.0 Å². The molecule has 0 bridgehead atoms. The van der Waals surface area contributed by atoms with Crippen molar-refractivity contribution in [3.05, 3.63) is 42.6 Å². The second-order valence-corrected chi connectivity index (χ2v) is 11.3. The number of fused-ring (bicyclic) bond motifs is 1. The lowest BCUT2D eigenvalue weighted by molar-refractivity contribution is -0.152. The maximum Gasteiger partial charge on any atom is 0.408 e. The predicted octanol–water partition coefficient (Wildman–Crippen LogP) is 4.34. The molecule has 9 nitrogen and oxygen atoms in total. The molecule has 0 saturated carbocycles. The van der Waals surface area contributed by atoms with Gasteiger partial charge >= 0.3 is 12.1 Å². The number of carbonyl (C=O) groups is 3. The molecule has 2 aromatic rings. The molecule has 0 spiro atoms. The first-order chi connectivity index (χ1) is 17.2. The third-order valence-electron chi connectivity index (χ3n) is 6.06. The highest BCUT2D eigenvalue weighted by Crippen LogP contribution is 2.31. The van der Waals surface area contributed by atoms with Gasteiger partial charge < -0.3 is 24.4 Å². The fourth-order valence-corrected chi connectivity index (χ4v) is 4.26. The molecule has 0 aliphatic carbocycles. The molecular formula is C28H37N3O6. The van der Waals surface area contributed by atoms with Crippen molar-refractivity contribution >= 4 is 34.8 Å². The van der Waals surface area contributed by atoms with E-state index in [4.69, 9.17) is 14.2 Å². The molecule has 0 radical (unpaired) electrons. The Morgan fingerprint density at radius 2 is 1.86 bits per heavy atom. The van der Waals surface area contributed by atoms with Crippen LogP contribution in [0.4, 0.5) is 4.79 Å². The van der Waals surface area contributed by atoms with Crippen LogP contribution < -0.4 is 10.1 Å². The molecule has 37 heavy (non-hydrogen) atoms. The van der Waals surface area contributed by atoms with Gasteiger partial charge in [-0.25, -0.2) is 14.6 Å². The zero-order valence-electron chi connectivity index (χ0n) is 22.7. The van der Waals surface area contributed by atoms with Crippen LogP contribution in [0.15, 0.2) is 37.0 Å². The number of amides is 2. The first kappa shape index (κ1) is 28.0. The first-order valence-corrected chi connectivity index (χ1v) is 12.3. The summed E-state index contributed by atoms with van der Waals surface area (Å²) in [5.41, 5.74) is -0.471. The molecule has 1 aliphatic rings. The number of methoxy groups -OCH3 is 1. The fourth-order valence-electron chi connectivity index (χ4n) is 4.26. The van der Waals surface area contributed by atoms with E-state index in [-0.39, 0.29) is 13.0 Å². The topological polar surface area (TPSA) is 107 Å². The van der Waals surface area contributed by atoms with Crippen LogP contribution >= 0.6 is 0 Å². The molecule has 3 rings (SSSR count). The molecule has 1 saturated heterocycles. The summed E-state index contributed by atoms with van der Waals surface area (Å²) in [5, 5.41) is 4.45. The second kappa shape index (κ2) is 10.8. The molecule has 3 atom stereocenters. The molecular weight excluding hydrogens is 474 g/mol. The lowest BCUT2D eigenvalue weighted by Gasteiger charge is -2.35. The van der Waals surface area contributed by atoms with Crippen LogP contribution in [0.3, 0.4) is 0 Å². The number of hydrogen-bond donors (Lipinski definition) is 1. The molecule has 1 aromatic carbocycles. The van der Waals surface area contributed by atoms with Crippen LogP contribution in [-0.2, 0) is 19.1 Å². The number of nitrogens with one attached hydrogen (secondary N) is 1. The van der Waals surface area contributed by atoms with Gasteiger partial charge in [-0.3, -0.25) is 4.79 Å².